The number of aliphatic hydroxyl groups excluding tert-OH is 1. The van der Waals surface area contributed by atoms with Crippen molar-refractivity contribution in [1.82, 2.24) is 19.4 Å². The second-order valence-electron chi connectivity index (χ2n) is 8.46. The van der Waals surface area contributed by atoms with Gasteiger partial charge in [0.15, 0.2) is 0 Å². The second kappa shape index (κ2) is 11.3. The molecule has 4 aromatic rings. The fraction of sp³-hybridized carbons (Fsp3) is 0.348. The van der Waals surface area contributed by atoms with Gasteiger partial charge in [-0.15, -0.1) is 0 Å². The largest absolute Gasteiger partial charge is 0.490 e. The zero-order valence-corrected chi connectivity index (χ0v) is 19.6. The molecule has 16 heteroatoms. The molecule has 1 aliphatic rings. The highest BCUT2D eigenvalue weighted by molar-refractivity contribution is 6.10. The lowest BCUT2D eigenvalue weighted by Gasteiger charge is -2.23. The van der Waals surface area contributed by atoms with E-state index in [0.29, 0.717) is 11.3 Å². The summed E-state index contributed by atoms with van der Waals surface area (Å²) in [5, 5.41) is 26.4. The van der Waals surface area contributed by atoms with Crippen LogP contribution in [0.1, 0.15) is 37.3 Å². The van der Waals surface area contributed by atoms with Gasteiger partial charge in [-0.1, -0.05) is 0 Å². The molecule has 10 nitrogen and oxygen atoms in total. The molecule has 0 unspecified atom stereocenters. The Labute approximate surface area is 213 Å². The molecule has 4 N–H and O–H groups in total. The van der Waals surface area contributed by atoms with Crippen LogP contribution in [0.3, 0.4) is 0 Å². The van der Waals surface area contributed by atoms with Crippen LogP contribution in [-0.2, 0) is 9.59 Å². The molecule has 4 aromatic heterocycles. The van der Waals surface area contributed by atoms with Gasteiger partial charge in [0, 0.05) is 41.5 Å². The maximum Gasteiger partial charge on any atom is 0.490 e. The fourth-order valence-electron chi connectivity index (χ4n) is 4.06. The molecule has 1 aliphatic carbocycles. The Hall–Kier alpha value is -4.21. The SMILES string of the molecule is O=C(O)C(F)(F)F.O=C(O)C(F)(F)F.O=c1[nH]ccc2c1c1cnccc1c1nc([C@H]3CC[C@H](O)CC3)cn21. The van der Waals surface area contributed by atoms with Crippen LogP contribution in [-0.4, -0.2) is 65.1 Å². The average Bonchev–Trinajstić information content (AvgIpc) is 3.30. The number of carbonyl (C=O) groups is 2. The first-order valence-corrected chi connectivity index (χ1v) is 11.2. The zero-order chi connectivity index (χ0) is 29.1. The van der Waals surface area contributed by atoms with Crippen molar-refractivity contribution in [3.05, 3.63) is 53.0 Å². The number of aliphatic carboxylic acids is 2. The minimum Gasteiger partial charge on any atom is -0.475 e. The number of nitrogens with zero attached hydrogens (tertiary/aromatic N) is 3. The third-order valence-corrected chi connectivity index (χ3v) is 5.85. The number of nitrogens with one attached hydrogen (secondary N) is 1. The molecule has 0 saturated heterocycles. The summed E-state index contributed by atoms with van der Waals surface area (Å²) >= 11 is 0. The number of imidazole rings is 1. The van der Waals surface area contributed by atoms with Crippen molar-refractivity contribution in [3.8, 4) is 0 Å². The van der Waals surface area contributed by atoms with E-state index in [1.165, 1.54) is 0 Å². The van der Waals surface area contributed by atoms with Crippen LogP contribution in [0.5, 0.6) is 0 Å². The second-order valence-corrected chi connectivity index (χ2v) is 8.46. The highest BCUT2D eigenvalue weighted by Gasteiger charge is 2.38. The number of alkyl halides is 6. The summed E-state index contributed by atoms with van der Waals surface area (Å²) < 4.78 is 65.5. The van der Waals surface area contributed by atoms with Crippen LogP contribution in [0.4, 0.5) is 26.3 Å². The number of hydrogen-bond donors (Lipinski definition) is 4. The number of carboxylic acid groups (broad SMARTS) is 2. The first kappa shape index (κ1) is 29.3. The minimum atomic E-state index is -5.08. The summed E-state index contributed by atoms with van der Waals surface area (Å²) in [5.74, 6) is -5.16. The summed E-state index contributed by atoms with van der Waals surface area (Å²) in [6, 6.07) is 3.82. The maximum absolute atomic E-state index is 12.4. The van der Waals surface area contributed by atoms with Gasteiger partial charge in [-0.3, -0.25) is 14.2 Å². The van der Waals surface area contributed by atoms with Crippen LogP contribution in [0, 0.1) is 0 Å². The highest BCUT2D eigenvalue weighted by Crippen LogP contribution is 2.34. The van der Waals surface area contributed by atoms with Crippen LogP contribution in [0.25, 0.3) is 27.3 Å². The molecule has 0 aromatic carbocycles. The maximum atomic E-state index is 12.4. The van der Waals surface area contributed by atoms with E-state index in [9.17, 15) is 36.2 Å². The summed E-state index contributed by atoms with van der Waals surface area (Å²) in [4.78, 5) is 42.1. The molecule has 1 fully saturated rings. The normalized spacial score (nSPS) is 17.7. The molecule has 0 radical (unpaired) electrons. The Kier molecular flexibility index (Phi) is 8.48. The number of H-pyrrole nitrogens is 1. The number of aromatic nitrogens is 4. The third-order valence-electron chi connectivity index (χ3n) is 5.85. The average molecular weight is 562 g/mol. The van der Waals surface area contributed by atoms with E-state index in [1.807, 2.05) is 16.5 Å². The molecule has 4 heterocycles. The van der Waals surface area contributed by atoms with Crippen molar-refractivity contribution in [2.24, 2.45) is 0 Å². The molecule has 39 heavy (non-hydrogen) atoms. The van der Waals surface area contributed by atoms with Gasteiger partial charge in [0.05, 0.1) is 22.7 Å². The lowest BCUT2D eigenvalue weighted by molar-refractivity contribution is -0.193. The van der Waals surface area contributed by atoms with Gasteiger partial charge < -0.3 is 20.3 Å². The van der Waals surface area contributed by atoms with Gasteiger partial charge in [-0.05, 0) is 37.8 Å². The van der Waals surface area contributed by atoms with Gasteiger partial charge in [-0.2, -0.15) is 26.3 Å². The molecular formula is C23H20F6N4O6. The third kappa shape index (κ3) is 6.81. The van der Waals surface area contributed by atoms with Gasteiger partial charge in [0.1, 0.15) is 5.65 Å². The lowest BCUT2D eigenvalue weighted by atomic mass is 9.86. The minimum absolute atomic E-state index is 0.117. The number of aromatic amines is 1. The zero-order valence-electron chi connectivity index (χ0n) is 19.6. The number of rotatable bonds is 1. The molecule has 0 amide bonds. The van der Waals surface area contributed by atoms with E-state index < -0.39 is 24.3 Å². The Morgan fingerprint density at radius 1 is 0.949 bits per heavy atom. The van der Waals surface area contributed by atoms with Crippen LogP contribution in [0.2, 0.25) is 0 Å². The monoisotopic (exact) mass is 562 g/mol. The van der Waals surface area contributed by atoms with Crippen molar-refractivity contribution >= 4 is 39.3 Å². The van der Waals surface area contributed by atoms with E-state index in [2.05, 4.69) is 16.2 Å². The number of pyridine rings is 3. The number of halogens is 6. The fourth-order valence-corrected chi connectivity index (χ4v) is 4.06. The van der Waals surface area contributed by atoms with E-state index in [-0.39, 0.29) is 11.7 Å². The first-order valence-electron chi connectivity index (χ1n) is 11.2. The number of hydrogen-bond acceptors (Lipinski definition) is 6. The molecule has 1 saturated carbocycles. The smallest absolute Gasteiger partial charge is 0.475 e. The van der Waals surface area contributed by atoms with Crippen molar-refractivity contribution in [3.63, 3.8) is 0 Å². The van der Waals surface area contributed by atoms with Crippen molar-refractivity contribution in [2.45, 2.75) is 50.1 Å². The van der Waals surface area contributed by atoms with E-state index in [0.717, 1.165) is 53.3 Å². The standard InChI is InChI=1S/C19H18N4O2.2C2HF3O2/c24-12-3-1-11(2-4-12)15-10-23-16-6-8-21-19(25)17(16)14-9-20-7-5-13(14)18(23)22-15;2*3-2(4,5)1(6)7/h5-12,24H,1-4H2,(H,21,25);2*(H,6,7)/t11-,12-;;. The highest BCUT2D eigenvalue weighted by atomic mass is 19.4. The molecule has 0 bridgehead atoms. The molecule has 5 rings (SSSR count). The Balaban J connectivity index is 0.000000251. The van der Waals surface area contributed by atoms with E-state index >= 15 is 0 Å². The topological polar surface area (TPSA) is 158 Å². The summed E-state index contributed by atoms with van der Waals surface area (Å²) in [6.45, 7) is 0. The predicted octanol–water partition coefficient (Wildman–Crippen LogP) is 4.01. The van der Waals surface area contributed by atoms with Gasteiger partial charge >= 0.3 is 24.3 Å². The van der Waals surface area contributed by atoms with Crippen molar-refractivity contribution < 1.29 is 51.3 Å². The summed E-state index contributed by atoms with van der Waals surface area (Å²) in [6.07, 6.45) is 0.385. The van der Waals surface area contributed by atoms with Crippen LogP contribution < -0.4 is 5.56 Å². The van der Waals surface area contributed by atoms with Gasteiger partial charge in [-0.25, -0.2) is 14.6 Å². The Morgan fingerprint density at radius 2 is 1.51 bits per heavy atom. The van der Waals surface area contributed by atoms with Crippen molar-refractivity contribution in [2.75, 3.05) is 0 Å². The van der Waals surface area contributed by atoms with Crippen molar-refractivity contribution in [1.29, 1.82) is 0 Å². The van der Waals surface area contributed by atoms with Crippen LogP contribution in [0.15, 0.2) is 41.7 Å². The van der Waals surface area contributed by atoms with E-state index in [4.69, 9.17) is 24.8 Å². The van der Waals surface area contributed by atoms with Gasteiger partial charge in [0.25, 0.3) is 5.56 Å². The molecule has 0 spiro atoms. The Morgan fingerprint density at radius 3 is 2.05 bits per heavy atom. The predicted molar refractivity (Wildman–Crippen MR) is 123 cm³/mol. The summed E-state index contributed by atoms with van der Waals surface area (Å²) in [7, 11) is 0. The quantitative estimate of drug-likeness (QED) is 0.200. The number of aliphatic hydroxyl groups is 1. The number of carboxylic acids is 2. The molecule has 0 aliphatic heterocycles. The first-order chi connectivity index (χ1) is 18.1. The lowest BCUT2D eigenvalue weighted by Crippen LogP contribution is -2.21. The molecule has 0 atom stereocenters. The summed E-state index contributed by atoms with van der Waals surface area (Å²) in [5.41, 5.74) is 2.62. The van der Waals surface area contributed by atoms with Gasteiger partial charge in [0.2, 0.25) is 0 Å². The Bertz CT molecular complexity index is 1530. The molecule has 210 valence electrons. The number of fused-ring (bicyclic) bond motifs is 6. The van der Waals surface area contributed by atoms with E-state index in [1.54, 1.807) is 18.6 Å². The van der Waals surface area contributed by atoms with Crippen LogP contribution >= 0.6 is 0 Å². The molecular weight excluding hydrogens is 542 g/mol.